The fraction of sp³-hybridized carbons (Fsp3) is 0.576. The topological polar surface area (TPSA) is 237 Å². The maximum Gasteiger partial charge on any atom is 0.472 e. The average Bonchev–Trinajstić information content (AvgIpc) is 0.931. The smallest absolute Gasteiger partial charge is 0.462 e. The number of carbonyl (C=O) groups is 4. The van der Waals surface area contributed by atoms with Crippen LogP contribution in [0.25, 0.3) is 0 Å². The molecule has 0 aliphatic rings. The van der Waals surface area contributed by atoms with E-state index in [4.69, 9.17) is 37.0 Å². The largest absolute Gasteiger partial charge is 0.472 e. The van der Waals surface area contributed by atoms with Crippen LogP contribution in [-0.4, -0.2) is 96.7 Å². The normalized spacial score (nSPS) is 15.0. The molecule has 5 unspecified atom stereocenters. The van der Waals surface area contributed by atoms with E-state index in [0.29, 0.717) is 44.9 Å². The number of phosphoric acid groups is 2. The summed E-state index contributed by atoms with van der Waals surface area (Å²) in [6, 6.07) is 0. The lowest BCUT2D eigenvalue weighted by molar-refractivity contribution is -0.161. The highest BCUT2D eigenvalue weighted by Crippen LogP contribution is 2.45. The number of ether oxygens (including phenoxy) is 4. The molecule has 0 amide bonds. The molecule has 0 rings (SSSR count). The summed E-state index contributed by atoms with van der Waals surface area (Å²) in [4.78, 5) is 72.8. The Kier molecular flexibility index (Phi) is 70.7. The third-order valence-electron chi connectivity index (χ3n) is 15.1. The lowest BCUT2D eigenvalue weighted by Gasteiger charge is -2.21. The van der Waals surface area contributed by atoms with Crippen molar-refractivity contribution in [2.75, 3.05) is 39.6 Å². The van der Waals surface area contributed by atoms with Gasteiger partial charge in [-0.1, -0.05) is 286 Å². The van der Waals surface area contributed by atoms with E-state index in [0.717, 1.165) is 122 Å². The summed E-state index contributed by atoms with van der Waals surface area (Å²) in [5.41, 5.74) is 0. The highest BCUT2D eigenvalue weighted by atomic mass is 31.2. The van der Waals surface area contributed by atoms with Crippen molar-refractivity contribution in [1.82, 2.24) is 0 Å². The van der Waals surface area contributed by atoms with E-state index in [-0.39, 0.29) is 25.7 Å². The van der Waals surface area contributed by atoms with Gasteiger partial charge in [0.15, 0.2) is 12.2 Å². The first-order valence-corrected chi connectivity index (χ1v) is 41.7. The first-order valence-electron chi connectivity index (χ1n) is 38.7. The first kappa shape index (κ1) is 97.9. The molecule has 0 aromatic rings. The Morgan fingerprint density at radius 2 is 0.519 bits per heavy atom. The Balaban J connectivity index is 5.52. The number of phosphoric ester groups is 2. The van der Waals surface area contributed by atoms with E-state index in [1.807, 2.05) is 42.5 Å². The van der Waals surface area contributed by atoms with Crippen LogP contribution in [0.3, 0.4) is 0 Å². The van der Waals surface area contributed by atoms with Crippen LogP contribution in [0.4, 0.5) is 0 Å². The molecule has 5 atom stereocenters. The molecule has 0 bridgehead atoms. The fourth-order valence-corrected chi connectivity index (χ4v) is 10.9. The standard InChI is InChI=1S/C85H134O17P2/c1-5-9-13-17-21-25-29-32-35-38-39-42-44-47-51-54-58-62-66-70-82(87)95-75-80(101-84(89)71-67-63-59-55-49-28-24-20-16-12-8-4)77-99-103(91,92)97-73-79(86)74-98-104(93,94)100-78-81(102-85(90)72-68-64-60-56-52-48-45-41-37-34-31-27-23-19-15-11-7-3)76-96-83(88)69-65-61-57-53-50-46-43-40-36-33-30-26-22-18-14-10-6-2/h9-11,13-15,21-23,25-27,32-37,39,42-43,45-48,51,53,56-58,60,62,79-81,86H,5-8,12,16-20,24,28-31,38,40-41,44,49-50,52,54-55,59,61,63-78H2,1-4H3,(H,91,92)(H,93,94)/b13-9-,14-10-,15-11-,25-21-,26-22-,27-23-,35-32-,36-33-,37-34-,42-39-,46-43-,48-45-,51-47-,57-53-,60-56-,62-58-. The molecular weight excluding hydrogens is 1350 g/mol. The van der Waals surface area contributed by atoms with E-state index in [9.17, 15) is 43.2 Å². The molecule has 0 aliphatic heterocycles. The van der Waals surface area contributed by atoms with Crippen LogP contribution >= 0.6 is 15.6 Å². The number of hydrogen-bond acceptors (Lipinski definition) is 15. The Morgan fingerprint density at radius 1 is 0.279 bits per heavy atom. The van der Waals surface area contributed by atoms with Gasteiger partial charge in [0, 0.05) is 25.7 Å². The number of carbonyl (C=O) groups excluding carboxylic acids is 4. The van der Waals surface area contributed by atoms with E-state index in [1.54, 1.807) is 0 Å². The minimum atomic E-state index is -5.02. The summed E-state index contributed by atoms with van der Waals surface area (Å²) in [5, 5.41) is 10.6. The zero-order valence-corrected chi connectivity index (χ0v) is 65.6. The van der Waals surface area contributed by atoms with Gasteiger partial charge in [-0.25, -0.2) is 9.13 Å². The van der Waals surface area contributed by atoms with Crippen molar-refractivity contribution in [2.45, 2.75) is 277 Å². The maximum atomic E-state index is 13.1. The van der Waals surface area contributed by atoms with Crippen LogP contribution in [0.1, 0.15) is 259 Å². The van der Waals surface area contributed by atoms with Crippen molar-refractivity contribution in [3.05, 3.63) is 194 Å². The molecule has 0 fully saturated rings. The number of aliphatic hydroxyl groups excluding tert-OH is 1. The summed E-state index contributed by atoms with van der Waals surface area (Å²) in [5.74, 6) is -2.43. The number of allylic oxidation sites excluding steroid dienone is 32. The molecule has 0 aromatic carbocycles. The number of aliphatic hydroxyl groups is 1. The fourth-order valence-electron chi connectivity index (χ4n) is 9.32. The van der Waals surface area contributed by atoms with Gasteiger partial charge in [-0.15, -0.1) is 0 Å². The van der Waals surface area contributed by atoms with E-state index >= 15 is 0 Å². The highest BCUT2D eigenvalue weighted by molar-refractivity contribution is 7.47. The molecule has 17 nitrogen and oxygen atoms in total. The molecule has 0 saturated carbocycles. The van der Waals surface area contributed by atoms with Crippen LogP contribution in [0.15, 0.2) is 194 Å². The molecular formula is C85H134O17P2. The van der Waals surface area contributed by atoms with Crippen molar-refractivity contribution in [3.63, 3.8) is 0 Å². The third kappa shape index (κ3) is 74.2. The lowest BCUT2D eigenvalue weighted by Crippen LogP contribution is -2.30. The van der Waals surface area contributed by atoms with Gasteiger partial charge in [-0.05, 0) is 141 Å². The van der Waals surface area contributed by atoms with Crippen molar-refractivity contribution >= 4 is 39.5 Å². The quantitative estimate of drug-likeness (QED) is 0.0169. The zero-order valence-electron chi connectivity index (χ0n) is 63.9. The van der Waals surface area contributed by atoms with Gasteiger partial charge in [-0.2, -0.15) is 0 Å². The summed E-state index contributed by atoms with van der Waals surface area (Å²) in [6.07, 6.45) is 91.7. The van der Waals surface area contributed by atoms with Gasteiger partial charge >= 0.3 is 39.5 Å². The highest BCUT2D eigenvalue weighted by Gasteiger charge is 2.30. The summed E-state index contributed by atoms with van der Waals surface area (Å²) in [6.45, 7) is 4.27. The van der Waals surface area contributed by atoms with Crippen LogP contribution in [0, 0.1) is 0 Å². The van der Waals surface area contributed by atoms with Crippen LogP contribution in [0.2, 0.25) is 0 Å². The second-order valence-corrected chi connectivity index (χ2v) is 27.7. The van der Waals surface area contributed by atoms with Gasteiger partial charge in [0.2, 0.25) is 0 Å². The van der Waals surface area contributed by atoms with E-state index in [1.165, 1.54) is 38.5 Å². The number of esters is 4. The first-order chi connectivity index (χ1) is 50.7. The van der Waals surface area contributed by atoms with Crippen molar-refractivity contribution in [2.24, 2.45) is 0 Å². The van der Waals surface area contributed by atoms with Crippen LogP contribution in [-0.2, 0) is 65.4 Å². The molecule has 0 saturated heterocycles. The molecule has 586 valence electrons. The van der Waals surface area contributed by atoms with Gasteiger partial charge in [0.05, 0.1) is 26.4 Å². The van der Waals surface area contributed by atoms with Gasteiger partial charge < -0.3 is 33.8 Å². The minimum absolute atomic E-state index is 0.00500. The van der Waals surface area contributed by atoms with E-state index in [2.05, 4.69) is 180 Å². The molecule has 0 spiro atoms. The van der Waals surface area contributed by atoms with Crippen molar-refractivity contribution in [1.29, 1.82) is 0 Å². The number of unbranched alkanes of at least 4 members (excludes halogenated alkanes) is 12. The monoisotopic (exact) mass is 1490 g/mol. The molecule has 0 aromatic heterocycles. The molecule has 0 heterocycles. The van der Waals surface area contributed by atoms with Gasteiger partial charge in [-0.3, -0.25) is 37.3 Å². The molecule has 104 heavy (non-hydrogen) atoms. The average molecular weight is 1490 g/mol. The predicted octanol–water partition coefficient (Wildman–Crippen LogP) is 22.5. The Labute approximate surface area is 627 Å². The summed E-state index contributed by atoms with van der Waals surface area (Å²) in [7, 11) is -10.0. The maximum absolute atomic E-state index is 13.1. The van der Waals surface area contributed by atoms with Crippen molar-refractivity contribution < 1.29 is 80.2 Å². The Bertz CT molecular complexity index is 2740. The Hall–Kier alpha value is -6.10. The van der Waals surface area contributed by atoms with E-state index < -0.39 is 97.5 Å². The number of hydrogen-bond donors (Lipinski definition) is 3. The number of rotatable bonds is 70. The second kappa shape index (κ2) is 75.1. The molecule has 0 aliphatic carbocycles. The predicted molar refractivity (Wildman–Crippen MR) is 426 cm³/mol. The molecule has 19 heteroatoms. The lowest BCUT2D eigenvalue weighted by atomic mass is 10.1. The van der Waals surface area contributed by atoms with Crippen LogP contribution in [0.5, 0.6) is 0 Å². The zero-order chi connectivity index (χ0) is 76.0. The third-order valence-corrected chi connectivity index (χ3v) is 17.0. The summed E-state index contributed by atoms with van der Waals surface area (Å²) >= 11 is 0. The van der Waals surface area contributed by atoms with Gasteiger partial charge in [0.1, 0.15) is 19.3 Å². The Morgan fingerprint density at radius 3 is 0.827 bits per heavy atom. The van der Waals surface area contributed by atoms with Crippen molar-refractivity contribution in [3.8, 4) is 0 Å². The van der Waals surface area contributed by atoms with Crippen LogP contribution < -0.4 is 0 Å². The van der Waals surface area contributed by atoms with Gasteiger partial charge in [0.25, 0.3) is 0 Å². The molecule has 0 radical (unpaired) electrons. The second-order valence-electron chi connectivity index (χ2n) is 24.8. The minimum Gasteiger partial charge on any atom is -0.462 e. The molecule has 3 N–H and O–H groups in total. The summed E-state index contributed by atoms with van der Waals surface area (Å²) < 4.78 is 68.3. The SMILES string of the molecule is CC/C=C\C/C=C\C/C=C\C/C=C\C/C=C\C/C=C\CCC(=O)OCC(COP(=O)(O)OCC(O)COP(=O)(O)OCC(COC(=O)CCC/C=C\C/C=C\C/C=C\C/C=C\C/C=C\CC)OC(=O)CCC/C=C\C/C=C\C/C=C\C/C=C\C/C=C\CC)OC(=O)CCCCCCCCCCCCC.